The Morgan fingerprint density at radius 3 is 2.04 bits per heavy atom. The monoisotopic (exact) mass is 329 g/mol. The van der Waals surface area contributed by atoms with E-state index in [2.05, 4.69) is 6.58 Å². The topological polar surface area (TPSA) is 60.8 Å². The Bertz CT molecular complexity index is 644. The maximum absolute atomic E-state index is 12.1. The second-order valence-electron chi connectivity index (χ2n) is 5.05. The van der Waals surface area contributed by atoms with E-state index < -0.39 is 0 Å². The highest BCUT2D eigenvalue weighted by Crippen LogP contribution is 2.18. The van der Waals surface area contributed by atoms with Gasteiger partial charge in [0.2, 0.25) is 5.91 Å². The highest BCUT2D eigenvalue weighted by molar-refractivity contribution is 5.77. The highest BCUT2D eigenvalue weighted by Gasteiger charge is 2.11. The van der Waals surface area contributed by atoms with Gasteiger partial charge in [-0.1, -0.05) is 24.8 Å². The Kier molecular flexibility index (Phi) is 9.64. The number of hydrogen-bond acceptors (Lipinski definition) is 3. The van der Waals surface area contributed by atoms with E-state index in [9.17, 15) is 15.0 Å². The van der Waals surface area contributed by atoms with Crippen molar-refractivity contribution < 1.29 is 15.0 Å². The molecule has 4 heteroatoms. The van der Waals surface area contributed by atoms with Gasteiger partial charge in [0.25, 0.3) is 0 Å². The zero-order valence-corrected chi connectivity index (χ0v) is 15.1. The summed E-state index contributed by atoms with van der Waals surface area (Å²) in [4.78, 5) is 13.5. The summed E-state index contributed by atoms with van der Waals surface area (Å²) in [6.45, 7) is 12.1. The summed E-state index contributed by atoms with van der Waals surface area (Å²) in [7, 11) is 0. The van der Waals surface area contributed by atoms with Crippen molar-refractivity contribution in [2.75, 3.05) is 0 Å². The molecule has 0 saturated heterocycles. The van der Waals surface area contributed by atoms with Gasteiger partial charge < -0.3 is 10.2 Å². The number of aliphatic hydroxyl groups excluding tert-OH is 2. The number of rotatable bonds is 7. The molecule has 0 fully saturated rings. The van der Waals surface area contributed by atoms with Crippen LogP contribution in [0.25, 0.3) is 0 Å². The molecule has 0 atom stereocenters. The van der Waals surface area contributed by atoms with E-state index in [0.717, 1.165) is 11.1 Å². The first-order valence-corrected chi connectivity index (χ1v) is 7.67. The predicted octanol–water partition coefficient (Wildman–Crippen LogP) is 5.23. The second-order valence-corrected chi connectivity index (χ2v) is 5.05. The van der Waals surface area contributed by atoms with E-state index in [1.807, 2.05) is 32.9 Å². The number of hydrogen-bond donors (Lipinski definition) is 2. The third-order valence-electron chi connectivity index (χ3n) is 3.09. The highest BCUT2D eigenvalue weighted by atomic mass is 16.3. The van der Waals surface area contributed by atoms with Gasteiger partial charge >= 0.3 is 0 Å². The van der Waals surface area contributed by atoms with Crippen molar-refractivity contribution in [1.29, 1.82) is 0 Å². The van der Waals surface area contributed by atoms with E-state index in [-0.39, 0.29) is 17.4 Å². The van der Waals surface area contributed by atoms with Crippen LogP contribution in [-0.2, 0) is 4.79 Å². The predicted molar refractivity (Wildman–Crippen MR) is 100 cm³/mol. The summed E-state index contributed by atoms with van der Waals surface area (Å²) in [5.41, 5.74) is 2.14. The number of allylic oxidation sites excluding steroid dienone is 9. The van der Waals surface area contributed by atoms with Gasteiger partial charge in [-0.25, -0.2) is 0 Å². The minimum Gasteiger partial charge on any atom is -0.509 e. The number of aliphatic hydroxyl groups is 2. The Morgan fingerprint density at radius 1 is 1.00 bits per heavy atom. The molecule has 0 aromatic heterocycles. The van der Waals surface area contributed by atoms with Gasteiger partial charge in [0.15, 0.2) is 0 Å². The Labute approximate surface area is 144 Å². The first-order chi connectivity index (χ1) is 11.3. The van der Waals surface area contributed by atoms with Gasteiger partial charge in [0.1, 0.15) is 11.5 Å². The van der Waals surface area contributed by atoms with Crippen LogP contribution in [0, 0.1) is 0 Å². The van der Waals surface area contributed by atoms with E-state index in [1.54, 1.807) is 31.4 Å². The van der Waals surface area contributed by atoms with Crippen molar-refractivity contribution in [2.45, 2.75) is 34.6 Å². The first kappa shape index (κ1) is 21.2. The summed E-state index contributed by atoms with van der Waals surface area (Å²) in [5, 5.41) is 18.9. The Balaban J connectivity index is 5.98. The smallest absolute Gasteiger partial charge is 0.227 e. The third kappa shape index (κ3) is 7.49. The molecule has 0 radical (unpaired) electrons. The molecule has 0 aliphatic heterocycles. The fraction of sp³-hybridized carbons (Fsp3) is 0.250. The maximum Gasteiger partial charge on any atom is 0.227 e. The first-order valence-electron chi connectivity index (χ1n) is 7.67. The summed E-state index contributed by atoms with van der Waals surface area (Å²) < 4.78 is 0. The van der Waals surface area contributed by atoms with Crippen LogP contribution in [0.2, 0.25) is 0 Å². The molecular formula is C20H27NO3. The van der Waals surface area contributed by atoms with Crippen molar-refractivity contribution in [3.8, 4) is 0 Å². The number of amides is 1. The summed E-state index contributed by atoms with van der Waals surface area (Å²) in [6.07, 6.45) is 13.4. The lowest BCUT2D eigenvalue weighted by molar-refractivity contribution is -0.124. The molecule has 4 nitrogen and oxygen atoms in total. The lowest BCUT2D eigenvalue weighted by Gasteiger charge is -2.19. The van der Waals surface area contributed by atoms with Gasteiger partial charge in [-0.15, -0.1) is 0 Å². The van der Waals surface area contributed by atoms with E-state index >= 15 is 0 Å². The van der Waals surface area contributed by atoms with Gasteiger partial charge in [-0.3, -0.25) is 9.69 Å². The van der Waals surface area contributed by atoms with Gasteiger partial charge in [-0.2, -0.15) is 0 Å². The zero-order valence-electron chi connectivity index (χ0n) is 15.1. The van der Waals surface area contributed by atoms with E-state index in [0.29, 0.717) is 5.70 Å². The lowest BCUT2D eigenvalue weighted by Crippen LogP contribution is -2.22. The van der Waals surface area contributed by atoms with Crippen molar-refractivity contribution in [2.24, 2.45) is 0 Å². The van der Waals surface area contributed by atoms with Crippen molar-refractivity contribution in [3.63, 3.8) is 0 Å². The zero-order chi connectivity index (χ0) is 18.7. The molecule has 1 amide bonds. The molecule has 0 saturated carbocycles. The number of carbonyl (C=O) groups excluding carboxylic acids is 1. The molecule has 0 aliphatic rings. The quantitative estimate of drug-likeness (QED) is 0.496. The van der Waals surface area contributed by atoms with Crippen LogP contribution in [0.5, 0.6) is 0 Å². The summed E-state index contributed by atoms with van der Waals surface area (Å²) in [6, 6.07) is 0. The van der Waals surface area contributed by atoms with Crippen LogP contribution in [0.4, 0.5) is 0 Å². The molecule has 130 valence electrons. The van der Waals surface area contributed by atoms with Crippen molar-refractivity contribution >= 4 is 5.91 Å². The summed E-state index contributed by atoms with van der Waals surface area (Å²) in [5.74, 6) is -0.116. The Morgan fingerprint density at radius 2 is 1.62 bits per heavy atom. The minimum absolute atomic E-state index is 0.0542. The van der Waals surface area contributed by atoms with E-state index in [4.69, 9.17) is 0 Å². The van der Waals surface area contributed by atoms with Gasteiger partial charge in [-0.05, 0) is 63.1 Å². The largest absolute Gasteiger partial charge is 0.509 e. The molecule has 0 aliphatic carbocycles. The van der Waals surface area contributed by atoms with Crippen LogP contribution in [0.3, 0.4) is 0 Å². The molecule has 0 unspecified atom stereocenters. The normalized spacial score (nSPS) is 14.5. The van der Waals surface area contributed by atoms with E-state index in [1.165, 1.54) is 24.0 Å². The van der Waals surface area contributed by atoms with Crippen LogP contribution in [0.15, 0.2) is 83.7 Å². The third-order valence-corrected chi connectivity index (χ3v) is 3.09. The van der Waals surface area contributed by atoms with Gasteiger partial charge in [0, 0.05) is 18.8 Å². The average Bonchev–Trinajstić information content (AvgIpc) is 2.51. The molecule has 0 aromatic carbocycles. The molecule has 2 N–H and O–H groups in total. The van der Waals surface area contributed by atoms with Crippen LogP contribution >= 0.6 is 0 Å². The molecule has 0 bridgehead atoms. The lowest BCUT2D eigenvalue weighted by atomic mass is 10.1. The van der Waals surface area contributed by atoms with Crippen LogP contribution < -0.4 is 0 Å². The molecule has 0 rings (SSSR count). The van der Waals surface area contributed by atoms with Crippen molar-refractivity contribution in [1.82, 2.24) is 4.90 Å². The molecule has 0 spiro atoms. The molecular weight excluding hydrogens is 302 g/mol. The Hall–Kier alpha value is -2.75. The summed E-state index contributed by atoms with van der Waals surface area (Å²) >= 11 is 0. The van der Waals surface area contributed by atoms with Crippen LogP contribution in [0.1, 0.15) is 34.6 Å². The van der Waals surface area contributed by atoms with Crippen LogP contribution in [-0.4, -0.2) is 21.0 Å². The fourth-order valence-corrected chi connectivity index (χ4v) is 1.86. The number of nitrogens with zero attached hydrogens (tertiary/aromatic N) is 1. The standard InChI is InChI=1S/C20H27NO3/c1-7-10-18(15(4)13-16(5)22)14-21(17(6)23)19(8-2)11-12-20(24)9-3/h7-14,22,24H,5H2,1-4,6H3/b10-7+,12-11-,15-13+,18-14-,19-8+,20-9+. The maximum atomic E-state index is 12.1. The van der Waals surface area contributed by atoms with Crippen molar-refractivity contribution in [3.05, 3.63) is 83.7 Å². The minimum atomic E-state index is -0.176. The fourth-order valence-electron chi connectivity index (χ4n) is 1.86. The molecule has 0 heterocycles. The SMILES string of the molecule is C=C(O)/C=C(C)/C(=C\N(C(C)=O)C(/C=C\C(O)=C/C)=C/C)/C=C/C. The molecule has 24 heavy (non-hydrogen) atoms. The van der Waals surface area contributed by atoms with Gasteiger partial charge in [0.05, 0.1) is 0 Å². The average molecular weight is 329 g/mol. The second kappa shape index (κ2) is 10.9. The molecule has 0 aromatic rings. The number of carbonyl (C=O) groups is 1.